The van der Waals surface area contributed by atoms with E-state index in [-0.39, 0.29) is 0 Å². The monoisotopic (exact) mass is 399 g/mol. The Labute approximate surface area is 169 Å². The molecule has 0 bridgehead atoms. The van der Waals surface area contributed by atoms with Crippen molar-refractivity contribution < 1.29 is 0 Å². The summed E-state index contributed by atoms with van der Waals surface area (Å²) >= 11 is 6.16. The Kier molecular flexibility index (Phi) is 5.37. The van der Waals surface area contributed by atoms with Gasteiger partial charge in [-0.2, -0.15) is 4.98 Å². The van der Waals surface area contributed by atoms with Crippen molar-refractivity contribution >= 4 is 40.3 Å². The molecule has 8 heteroatoms. The molecule has 1 saturated carbocycles. The van der Waals surface area contributed by atoms with Gasteiger partial charge in [-0.05, 0) is 56.3 Å². The Morgan fingerprint density at radius 1 is 1.21 bits per heavy atom. The lowest BCUT2D eigenvalue weighted by Gasteiger charge is -2.29. The summed E-state index contributed by atoms with van der Waals surface area (Å²) in [6, 6.07) is 8.00. The van der Waals surface area contributed by atoms with Gasteiger partial charge in [-0.3, -0.25) is 4.57 Å². The van der Waals surface area contributed by atoms with Gasteiger partial charge >= 0.3 is 0 Å². The molecule has 0 amide bonds. The highest BCUT2D eigenvalue weighted by Crippen LogP contribution is 2.36. The van der Waals surface area contributed by atoms with Crippen molar-refractivity contribution in [3.05, 3.63) is 35.5 Å². The largest absolute Gasteiger partial charge is 0.347 e. The topological polar surface area (TPSA) is 84.9 Å². The maximum Gasteiger partial charge on any atom is 0.226 e. The van der Waals surface area contributed by atoms with Crippen LogP contribution < -0.4 is 16.0 Å². The quantitative estimate of drug-likeness (QED) is 0.675. The fourth-order valence-electron chi connectivity index (χ4n) is 3.87. The second-order valence-electron chi connectivity index (χ2n) is 7.62. The number of rotatable bonds is 5. The van der Waals surface area contributed by atoms with Crippen LogP contribution in [0, 0.1) is 5.92 Å². The van der Waals surface area contributed by atoms with Crippen LogP contribution in [0.4, 0.5) is 17.6 Å². The summed E-state index contributed by atoms with van der Waals surface area (Å²) < 4.78 is 2.23. The number of hydrogen-bond donors (Lipinski definition) is 2. The highest BCUT2D eigenvalue weighted by atomic mass is 35.5. The van der Waals surface area contributed by atoms with Crippen molar-refractivity contribution in [2.24, 2.45) is 11.7 Å². The average molecular weight is 400 g/mol. The molecule has 3 N–H and O–H groups in total. The van der Waals surface area contributed by atoms with Crippen LogP contribution in [0.5, 0.6) is 0 Å². The molecular weight excluding hydrogens is 374 g/mol. The van der Waals surface area contributed by atoms with Crippen LogP contribution in [0.15, 0.2) is 30.5 Å². The van der Waals surface area contributed by atoms with Crippen molar-refractivity contribution in [2.45, 2.75) is 31.7 Å². The lowest BCUT2D eigenvalue weighted by Crippen LogP contribution is -2.24. The fraction of sp³-hybridized carbons (Fsp3) is 0.450. The van der Waals surface area contributed by atoms with Crippen molar-refractivity contribution in [2.75, 3.05) is 30.9 Å². The third-order valence-electron chi connectivity index (χ3n) is 5.42. The summed E-state index contributed by atoms with van der Waals surface area (Å²) in [7, 11) is 3.89. The Balaban J connectivity index is 1.77. The Hall–Kier alpha value is -2.38. The van der Waals surface area contributed by atoms with Gasteiger partial charge in [0.1, 0.15) is 5.52 Å². The zero-order valence-corrected chi connectivity index (χ0v) is 17.0. The molecule has 7 nitrogen and oxygen atoms in total. The number of imidazole rings is 1. The number of nitrogens with one attached hydrogen (secondary N) is 1. The molecule has 0 unspecified atom stereocenters. The number of hydrogen-bond acceptors (Lipinski definition) is 6. The summed E-state index contributed by atoms with van der Waals surface area (Å²) in [5.41, 5.74) is 8.44. The number of halogens is 1. The molecule has 1 aliphatic carbocycles. The Morgan fingerprint density at radius 2 is 2.00 bits per heavy atom. The van der Waals surface area contributed by atoms with Gasteiger partial charge in [0.25, 0.3) is 0 Å². The van der Waals surface area contributed by atoms with Crippen LogP contribution in [0.1, 0.15) is 31.7 Å². The predicted octanol–water partition coefficient (Wildman–Crippen LogP) is 3.98. The van der Waals surface area contributed by atoms with E-state index in [4.69, 9.17) is 27.3 Å². The molecule has 1 aromatic carbocycles. The number of nitrogens with two attached hydrogens (primary N) is 1. The molecule has 2 aromatic heterocycles. The third-order valence-corrected chi connectivity index (χ3v) is 5.65. The van der Waals surface area contributed by atoms with E-state index in [0.29, 0.717) is 22.9 Å². The standard InChI is InChI=1S/C20H26ClN7/c1-27(2)19-23-12-17-18(26-19)28(16-8-6-13(11-22)7-9-16)20(25-17)24-15-5-3-4-14(21)10-15/h3-5,10,12-13,16H,6-9,11,22H2,1-2H3,(H,24,25)/t13-,16-. The number of aromatic nitrogens is 4. The van der Waals surface area contributed by atoms with Crippen LogP contribution in [0.3, 0.4) is 0 Å². The number of benzene rings is 1. The Morgan fingerprint density at radius 3 is 2.68 bits per heavy atom. The van der Waals surface area contributed by atoms with E-state index in [0.717, 1.165) is 55.0 Å². The molecule has 0 atom stereocenters. The minimum absolute atomic E-state index is 0.333. The summed E-state index contributed by atoms with van der Waals surface area (Å²) in [6.07, 6.45) is 6.19. The maximum atomic E-state index is 6.16. The smallest absolute Gasteiger partial charge is 0.226 e. The van der Waals surface area contributed by atoms with Gasteiger partial charge in [0.05, 0.1) is 6.20 Å². The van der Waals surface area contributed by atoms with E-state index in [2.05, 4.69) is 14.9 Å². The molecule has 0 saturated heterocycles. The molecule has 1 fully saturated rings. The molecule has 0 aliphatic heterocycles. The first-order chi connectivity index (χ1) is 13.5. The van der Waals surface area contributed by atoms with Crippen molar-refractivity contribution in [1.29, 1.82) is 0 Å². The van der Waals surface area contributed by atoms with Gasteiger partial charge in [0.2, 0.25) is 11.9 Å². The molecule has 1 aliphatic rings. The lowest BCUT2D eigenvalue weighted by atomic mass is 9.86. The molecule has 3 aromatic rings. The van der Waals surface area contributed by atoms with E-state index >= 15 is 0 Å². The molecule has 0 radical (unpaired) electrons. The average Bonchev–Trinajstić information content (AvgIpc) is 3.05. The van der Waals surface area contributed by atoms with E-state index in [1.807, 2.05) is 43.3 Å². The third kappa shape index (κ3) is 3.77. The van der Waals surface area contributed by atoms with Crippen molar-refractivity contribution in [3.8, 4) is 0 Å². The van der Waals surface area contributed by atoms with Gasteiger partial charge in [-0.15, -0.1) is 0 Å². The first-order valence-electron chi connectivity index (χ1n) is 9.70. The summed E-state index contributed by atoms with van der Waals surface area (Å²) in [6.45, 7) is 0.762. The van der Waals surface area contributed by atoms with Gasteiger partial charge in [0.15, 0.2) is 5.65 Å². The zero-order valence-electron chi connectivity index (χ0n) is 16.3. The first kappa shape index (κ1) is 19.0. The second-order valence-corrected chi connectivity index (χ2v) is 8.06. The number of nitrogens with zero attached hydrogens (tertiary/aromatic N) is 5. The summed E-state index contributed by atoms with van der Waals surface area (Å²) in [5.74, 6) is 2.07. The van der Waals surface area contributed by atoms with Crippen LogP contribution in [-0.4, -0.2) is 40.2 Å². The maximum absolute atomic E-state index is 6.16. The summed E-state index contributed by atoms with van der Waals surface area (Å²) in [5, 5.41) is 4.12. The van der Waals surface area contributed by atoms with Crippen molar-refractivity contribution in [3.63, 3.8) is 0 Å². The number of anilines is 3. The molecule has 28 heavy (non-hydrogen) atoms. The molecule has 2 heterocycles. The van der Waals surface area contributed by atoms with Gasteiger partial charge in [0, 0.05) is 30.8 Å². The van der Waals surface area contributed by atoms with Crippen LogP contribution in [0.2, 0.25) is 5.02 Å². The van der Waals surface area contributed by atoms with Crippen molar-refractivity contribution in [1.82, 2.24) is 19.5 Å². The highest BCUT2D eigenvalue weighted by molar-refractivity contribution is 6.30. The normalized spacial score (nSPS) is 19.7. The van der Waals surface area contributed by atoms with Gasteiger partial charge in [-0.25, -0.2) is 9.97 Å². The van der Waals surface area contributed by atoms with Crippen LogP contribution in [0.25, 0.3) is 11.2 Å². The number of fused-ring (bicyclic) bond motifs is 1. The fourth-order valence-corrected chi connectivity index (χ4v) is 4.06. The lowest BCUT2D eigenvalue weighted by molar-refractivity contribution is 0.284. The van der Waals surface area contributed by atoms with E-state index in [1.165, 1.54) is 0 Å². The zero-order chi connectivity index (χ0) is 19.7. The molecule has 148 valence electrons. The van der Waals surface area contributed by atoms with E-state index < -0.39 is 0 Å². The predicted molar refractivity (Wildman–Crippen MR) is 114 cm³/mol. The molecular formula is C20H26ClN7. The van der Waals surface area contributed by atoms with Gasteiger partial charge in [-0.1, -0.05) is 17.7 Å². The minimum atomic E-state index is 0.333. The molecule has 0 spiro atoms. The van der Waals surface area contributed by atoms with E-state index in [9.17, 15) is 0 Å². The molecule has 4 rings (SSSR count). The van der Waals surface area contributed by atoms with E-state index in [1.54, 1.807) is 6.20 Å². The minimum Gasteiger partial charge on any atom is -0.347 e. The Bertz CT molecular complexity index is 960. The second kappa shape index (κ2) is 7.93. The SMILES string of the molecule is CN(C)c1ncc2nc(Nc3cccc(Cl)c3)n([C@H]3CC[C@H](CN)CC3)c2n1. The van der Waals surface area contributed by atoms with Gasteiger partial charge < -0.3 is 16.0 Å². The highest BCUT2D eigenvalue weighted by Gasteiger charge is 2.26. The summed E-state index contributed by atoms with van der Waals surface area (Å²) in [4.78, 5) is 15.9. The van der Waals surface area contributed by atoms with Crippen LogP contribution >= 0.6 is 11.6 Å². The first-order valence-corrected chi connectivity index (χ1v) is 10.1. The van der Waals surface area contributed by atoms with Crippen LogP contribution in [-0.2, 0) is 0 Å².